The molecule has 1 aromatic carbocycles. The number of likely N-dealkylation sites (tertiary alicyclic amines) is 1. The summed E-state index contributed by atoms with van der Waals surface area (Å²) >= 11 is 0. The molecule has 1 heterocycles. The molecule has 4 heteroatoms. The number of β-amino-alcohol motifs (C(OH)–C–C–N with tert-alkyl or cyclic N) is 1. The number of hydrogen-bond donors (Lipinski definition) is 1. The number of carbonyl (C=O) groups excluding carboxylic acids is 1. The van der Waals surface area contributed by atoms with Gasteiger partial charge in [0.2, 0.25) is 5.91 Å². The molecule has 4 nitrogen and oxygen atoms in total. The lowest BCUT2D eigenvalue weighted by molar-refractivity contribution is -0.128. The molecule has 1 amide bonds. The Kier molecular flexibility index (Phi) is 3.99. The number of rotatable bonds is 4. The van der Waals surface area contributed by atoms with Gasteiger partial charge in [-0.2, -0.15) is 0 Å². The predicted octanol–water partition coefficient (Wildman–Crippen LogP) is 0.841. The van der Waals surface area contributed by atoms with Crippen LogP contribution in [0.25, 0.3) is 0 Å². The Labute approximate surface area is 108 Å². The van der Waals surface area contributed by atoms with Crippen molar-refractivity contribution in [1.29, 1.82) is 0 Å². The quantitative estimate of drug-likeness (QED) is 0.859. The van der Waals surface area contributed by atoms with Gasteiger partial charge < -0.3 is 14.9 Å². The minimum absolute atomic E-state index is 0.0421. The zero-order valence-corrected chi connectivity index (χ0v) is 11.0. The van der Waals surface area contributed by atoms with E-state index < -0.39 is 6.10 Å². The number of aliphatic hydroxyl groups excluding tert-OH is 1. The highest BCUT2D eigenvalue weighted by molar-refractivity contribution is 5.79. The van der Waals surface area contributed by atoms with E-state index in [0.717, 1.165) is 12.1 Å². The largest absolute Gasteiger partial charge is 0.391 e. The average Bonchev–Trinajstić information content (AvgIpc) is 2.57. The number of nitrogens with zero attached hydrogens (tertiary/aromatic N) is 2. The molecule has 0 radical (unpaired) electrons. The summed E-state index contributed by atoms with van der Waals surface area (Å²) < 4.78 is 0. The Balaban J connectivity index is 2.03. The summed E-state index contributed by atoms with van der Waals surface area (Å²) in [6, 6.07) is 8.25. The third kappa shape index (κ3) is 3.31. The molecule has 1 N–H and O–H groups in total. The Morgan fingerprint density at radius 1 is 1.39 bits per heavy atom. The van der Waals surface area contributed by atoms with Crippen LogP contribution in [-0.2, 0) is 17.9 Å². The Bertz CT molecular complexity index is 432. The highest BCUT2D eigenvalue weighted by Crippen LogP contribution is 2.16. The molecule has 1 atom stereocenters. The third-order valence-electron chi connectivity index (χ3n) is 3.06. The number of aliphatic hydroxyl groups is 1. The van der Waals surface area contributed by atoms with Crippen LogP contribution < -0.4 is 0 Å². The van der Waals surface area contributed by atoms with E-state index in [1.807, 2.05) is 26.2 Å². The van der Waals surface area contributed by atoms with Crippen molar-refractivity contribution in [3.8, 4) is 0 Å². The molecule has 2 rings (SSSR count). The van der Waals surface area contributed by atoms with Crippen LogP contribution in [0.3, 0.4) is 0 Å². The van der Waals surface area contributed by atoms with E-state index in [9.17, 15) is 9.90 Å². The fourth-order valence-electron chi connectivity index (χ4n) is 2.32. The van der Waals surface area contributed by atoms with E-state index in [1.54, 1.807) is 4.90 Å². The zero-order valence-electron chi connectivity index (χ0n) is 11.0. The maximum atomic E-state index is 11.6. The van der Waals surface area contributed by atoms with Crippen molar-refractivity contribution in [2.75, 3.05) is 20.6 Å². The molecule has 0 spiro atoms. The van der Waals surface area contributed by atoms with Crippen LogP contribution >= 0.6 is 0 Å². The standard InChI is InChI=1S/C14H20N2O2/c1-15(2)8-11-4-3-5-12(6-11)9-16-10-13(17)7-14(16)18/h3-6,13,17H,7-10H2,1-2H3. The fraction of sp³-hybridized carbons (Fsp3) is 0.500. The summed E-state index contributed by atoms with van der Waals surface area (Å²) in [7, 11) is 4.07. The summed E-state index contributed by atoms with van der Waals surface area (Å²) in [5, 5.41) is 9.45. The van der Waals surface area contributed by atoms with Crippen LogP contribution in [0.15, 0.2) is 24.3 Å². The molecule has 18 heavy (non-hydrogen) atoms. The Morgan fingerprint density at radius 2 is 2.11 bits per heavy atom. The minimum atomic E-state index is -0.498. The lowest BCUT2D eigenvalue weighted by Crippen LogP contribution is -2.25. The van der Waals surface area contributed by atoms with E-state index in [0.29, 0.717) is 13.1 Å². The van der Waals surface area contributed by atoms with E-state index in [-0.39, 0.29) is 12.3 Å². The molecular weight excluding hydrogens is 228 g/mol. The number of benzene rings is 1. The average molecular weight is 248 g/mol. The molecule has 98 valence electrons. The summed E-state index contributed by atoms with van der Waals surface area (Å²) in [5.74, 6) is 0.0421. The van der Waals surface area contributed by atoms with Crippen molar-refractivity contribution in [3.63, 3.8) is 0 Å². The maximum Gasteiger partial charge on any atom is 0.225 e. The first-order valence-electron chi connectivity index (χ1n) is 6.23. The van der Waals surface area contributed by atoms with E-state index >= 15 is 0 Å². The van der Waals surface area contributed by atoms with E-state index in [2.05, 4.69) is 17.0 Å². The summed E-state index contributed by atoms with van der Waals surface area (Å²) in [6.45, 7) is 1.94. The van der Waals surface area contributed by atoms with Crippen molar-refractivity contribution in [3.05, 3.63) is 35.4 Å². The first-order valence-corrected chi connectivity index (χ1v) is 6.23. The topological polar surface area (TPSA) is 43.8 Å². The highest BCUT2D eigenvalue weighted by atomic mass is 16.3. The van der Waals surface area contributed by atoms with Crippen LogP contribution in [0.2, 0.25) is 0 Å². The third-order valence-corrected chi connectivity index (χ3v) is 3.06. The van der Waals surface area contributed by atoms with Crippen molar-refractivity contribution in [2.24, 2.45) is 0 Å². The monoisotopic (exact) mass is 248 g/mol. The number of carbonyl (C=O) groups is 1. The smallest absolute Gasteiger partial charge is 0.225 e. The van der Waals surface area contributed by atoms with Gasteiger partial charge >= 0.3 is 0 Å². The van der Waals surface area contributed by atoms with Gasteiger partial charge in [0.15, 0.2) is 0 Å². The van der Waals surface area contributed by atoms with Crippen molar-refractivity contribution in [2.45, 2.75) is 25.6 Å². The van der Waals surface area contributed by atoms with Gasteiger partial charge in [-0.1, -0.05) is 24.3 Å². The van der Waals surface area contributed by atoms with Crippen molar-refractivity contribution in [1.82, 2.24) is 9.80 Å². The molecule has 0 aromatic heterocycles. The molecule has 0 saturated carbocycles. The lowest BCUT2D eigenvalue weighted by Gasteiger charge is -2.17. The summed E-state index contributed by atoms with van der Waals surface area (Å²) in [6.07, 6.45) is -0.236. The second-order valence-corrected chi connectivity index (χ2v) is 5.19. The number of hydrogen-bond acceptors (Lipinski definition) is 3. The first kappa shape index (κ1) is 13.1. The van der Waals surface area contributed by atoms with E-state index in [1.165, 1.54) is 5.56 Å². The Morgan fingerprint density at radius 3 is 2.72 bits per heavy atom. The van der Waals surface area contributed by atoms with Gasteiger partial charge in [-0.25, -0.2) is 0 Å². The minimum Gasteiger partial charge on any atom is -0.391 e. The molecule has 1 fully saturated rings. The van der Waals surface area contributed by atoms with Crippen LogP contribution in [0.5, 0.6) is 0 Å². The van der Waals surface area contributed by atoms with Gasteiger partial charge in [0.25, 0.3) is 0 Å². The number of amides is 1. The SMILES string of the molecule is CN(C)Cc1cccc(CN2CC(O)CC2=O)c1. The molecule has 0 bridgehead atoms. The molecular formula is C14H20N2O2. The first-order chi connectivity index (χ1) is 8.54. The summed E-state index contributed by atoms with van der Waals surface area (Å²) in [5.41, 5.74) is 2.36. The molecule has 1 aromatic rings. The maximum absolute atomic E-state index is 11.6. The lowest BCUT2D eigenvalue weighted by atomic mass is 10.1. The van der Waals surface area contributed by atoms with Gasteiger partial charge in [-0.15, -0.1) is 0 Å². The van der Waals surface area contributed by atoms with Crippen molar-refractivity contribution >= 4 is 5.91 Å². The molecule has 1 saturated heterocycles. The predicted molar refractivity (Wildman–Crippen MR) is 69.9 cm³/mol. The van der Waals surface area contributed by atoms with Crippen LogP contribution in [0.1, 0.15) is 17.5 Å². The second kappa shape index (κ2) is 5.50. The second-order valence-electron chi connectivity index (χ2n) is 5.19. The van der Waals surface area contributed by atoms with Gasteiger partial charge in [-0.05, 0) is 25.2 Å². The zero-order chi connectivity index (χ0) is 13.1. The Hall–Kier alpha value is -1.39. The van der Waals surface area contributed by atoms with Crippen molar-refractivity contribution < 1.29 is 9.90 Å². The molecule has 0 aliphatic carbocycles. The van der Waals surface area contributed by atoms with Crippen LogP contribution in [0, 0.1) is 0 Å². The molecule has 1 aliphatic heterocycles. The highest BCUT2D eigenvalue weighted by Gasteiger charge is 2.27. The van der Waals surface area contributed by atoms with Crippen LogP contribution in [0.4, 0.5) is 0 Å². The normalized spacial score (nSPS) is 19.9. The van der Waals surface area contributed by atoms with E-state index in [4.69, 9.17) is 0 Å². The molecule has 1 aliphatic rings. The fourth-order valence-corrected chi connectivity index (χ4v) is 2.32. The van der Waals surface area contributed by atoms with Crippen LogP contribution in [-0.4, -0.2) is 47.6 Å². The molecule has 1 unspecified atom stereocenters. The van der Waals surface area contributed by atoms with Gasteiger partial charge in [0, 0.05) is 19.6 Å². The summed E-state index contributed by atoms with van der Waals surface area (Å²) in [4.78, 5) is 15.4. The van der Waals surface area contributed by atoms with Gasteiger partial charge in [-0.3, -0.25) is 4.79 Å². The van der Waals surface area contributed by atoms with Gasteiger partial charge in [0.05, 0.1) is 12.5 Å². The van der Waals surface area contributed by atoms with Gasteiger partial charge in [0.1, 0.15) is 0 Å².